The lowest BCUT2D eigenvalue weighted by atomic mass is 9.85. The lowest BCUT2D eigenvalue weighted by molar-refractivity contribution is -0.159. The number of aliphatic carboxylic acids is 2. The predicted molar refractivity (Wildman–Crippen MR) is 105 cm³/mol. The first kappa shape index (κ1) is 25.4. The number of rotatable bonds is 18. The molecular formula is C21H38O6. The number of carboxylic acids is 2. The van der Waals surface area contributed by atoms with Gasteiger partial charge in [-0.25, -0.2) is 0 Å². The van der Waals surface area contributed by atoms with Crippen molar-refractivity contribution in [3.63, 3.8) is 0 Å². The van der Waals surface area contributed by atoms with Crippen molar-refractivity contribution in [1.29, 1.82) is 0 Å². The van der Waals surface area contributed by atoms with Crippen molar-refractivity contribution in [2.24, 2.45) is 11.8 Å². The predicted octanol–water partition coefficient (Wildman–Crippen LogP) is 5.04. The van der Waals surface area contributed by atoms with Gasteiger partial charge in [-0.1, -0.05) is 84.0 Å². The molecule has 6 heteroatoms. The second-order valence-corrected chi connectivity index (χ2v) is 7.35. The van der Waals surface area contributed by atoms with Crippen molar-refractivity contribution < 1.29 is 29.3 Å². The molecule has 0 radical (unpaired) electrons. The van der Waals surface area contributed by atoms with Gasteiger partial charge in [-0.05, 0) is 6.42 Å². The third-order valence-electron chi connectivity index (χ3n) is 5.07. The molecule has 0 amide bonds. The zero-order valence-corrected chi connectivity index (χ0v) is 17.1. The average Bonchev–Trinajstić information content (AvgIpc) is 2.63. The molecule has 0 heterocycles. The molecule has 0 aliphatic carbocycles. The summed E-state index contributed by atoms with van der Waals surface area (Å²) < 4.78 is 4.59. The summed E-state index contributed by atoms with van der Waals surface area (Å²) in [6, 6.07) is 0. The number of esters is 1. The fourth-order valence-corrected chi connectivity index (χ4v) is 3.43. The van der Waals surface area contributed by atoms with Gasteiger partial charge in [0.25, 0.3) is 0 Å². The summed E-state index contributed by atoms with van der Waals surface area (Å²) in [6.45, 7) is 2.22. The van der Waals surface area contributed by atoms with Gasteiger partial charge in [0.1, 0.15) is 0 Å². The Bertz CT molecular complexity index is 421. The number of unbranched alkanes of at least 4 members (excludes halogenated alkanes) is 11. The van der Waals surface area contributed by atoms with E-state index in [-0.39, 0.29) is 0 Å². The van der Waals surface area contributed by atoms with E-state index in [1.807, 2.05) is 0 Å². The number of methoxy groups -OCH3 is 1. The maximum atomic E-state index is 11.8. The van der Waals surface area contributed by atoms with Gasteiger partial charge < -0.3 is 14.9 Å². The summed E-state index contributed by atoms with van der Waals surface area (Å²) in [7, 11) is 1.15. The average molecular weight is 387 g/mol. The van der Waals surface area contributed by atoms with E-state index >= 15 is 0 Å². The first-order chi connectivity index (χ1) is 12.9. The Labute approximate surface area is 163 Å². The molecule has 0 spiro atoms. The van der Waals surface area contributed by atoms with Crippen LogP contribution in [0.3, 0.4) is 0 Å². The Morgan fingerprint density at radius 2 is 1.19 bits per heavy atom. The van der Waals surface area contributed by atoms with Crippen molar-refractivity contribution in [3.8, 4) is 0 Å². The van der Waals surface area contributed by atoms with Crippen LogP contribution in [0.1, 0.15) is 96.8 Å². The number of carboxylic acid groups (broad SMARTS) is 2. The molecule has 0 fully saturated rings. The van der Waals surface area contributed by atoms with Crippen LogP contribution < -0.4 is 0 Å². The lowest BCUT2D eigenvalue weighted by Crippen LogP contribution is -2.32. The van der Waals surface area contributed by atoms with Crippen molar-refractivity contribution in [1.82, 2.24) is 0 Å². The lowest BCUT2D eigenvalue weighted by Gasteiger charge is -2.20. The highest BCUT2D eigenvalue weighted by Gasteiger charge is 2.35. The third-order valence-corrected chi connectivity index (χ3v) is 5.07. The van der Waals surface area contributed by atoms with Gasteiger partial charge in [0.05, 0.1) is 25.4 Å². The number of carbonyl (C=O) groups is 3. The van der Waals surface area contributed by atoms with E-state index in [0.717, 1.165) is 26.4 Å². The molecule has 2 unspecified atom stereocenters. The second-order valence-electron chi connectivity index (χ2n) is 7.35. The third kappa shape index (κ3) is 13.3. The minimum absolute atomic E-state index is 0.305. The van der Waals surface area contributed by atoms with Crippen molar-refractivity contribution >= 4 is 17.9 Å². The summed E-state index contributed by atoms with van der Waals surface area (Å²) in [5.41, 5.74) is 0. The maximum Gasteiger partial charge on any atom is 0.310 e. The van der Waals surface area contributed by atoms with E-state index in [9.17, 15) is 19.5 Å². The first-order valence-electron chi connectivity index (χ1n) is 10.5. The van der Waals surface area contributed by atoms with Crippen LogP contribution in [0.4, 0.5) is 0 Å². The molecule has 0 aromatic heterocycles. The Morgan fingerprint density at radius 3 is 1.56 bits per heavy atom. The van der Waals surface area contributed by atoms with Crippen LogP contribution in [-0.2, 0) is 19.1 Å². The number of carbonyl (C=O) groups excluding carboxylic acids is 1. The van der Waals surface area contributed by atoms with Crippen LogP contribution >= 0.6 is 0 Å². The van der Waals surface area contributed by atoms with Gasteiger partial charge in [-0.3, -0.25) is 14.4 Å². The molecule has 158 valence electrons. The molecular weight excluding hydrogens is 348 g/mol. The van der Waals surface area contributed by atoms with Gasteiger partial charge in [0, 0.05) is 0 Å². The summed E-state index contributed by atoms with van der Waals surface area (Å²) in [4.78, 5) is 34.2. The van der Waals surface area contributed by atoms with Crippen molar-refractivity contribution in [3.05, 3.63) is 0 Å². The van der Waals surface area contributed by atoms with Gasteiger partial charge in [-0.2, -0.15) is 0 Å². The molecule has 0 aliphatic rings. The minimum atomic E-state index is -1.19. The molecule has 0 aromatic rings. The standard InChI is InChI=1S/C21H38O6/c1-3-4-5-6-7-8-9-10-11-12-13-14-15-17(20(24)25)18(16-19(22)23)21(26)27-2/h17-18H,3-16H2,1-2H3,(H,22,23)(H,24,25). The van der Waals surface area contributed by atoms with Crippen molar-refractivity contribution in [2.75, 3.05) is 7.11 Å². The highest BCUT2D eigenvalue weighted by molar-refractivity contribution is 5.84. The van der Waals surface area contributed by atoms with E-state index < -0.39 is 36.2 Å². The van der Waals surface area contributed by atoms with E-state index in [2.05, 4.69) is 11.7 Å². The Hall–Kier alpha value is -1.59. The molecule has 0 saturated heterocycles. The van der Waals surface area contributed by atoms with Crippen LogP contribution in [0, 0.1) is 11.8 Å². The summed E-state index contributed by atoms with van der Waals surface area (Å²) >= 11 is 0. The number of hydrogen-bond acceptors (Lipinski definition) is 4. The van der Waals surface area contributed by atoms with Crippen LogP contribution in [-0.4, -0.2) is 35.2 Å². The van der Waals surface area contributed by atoms with Gasteiger partial charge in [0.2, 0.25) is 0 Å². The monoisotopic (exact) mass is 386 g/mol. The molecule has 2 N–H and O–H groups in total. The van der Waals surface area contributed by atoms with Gasteiger partial charge in [-0.15, -0.1) is 0 Å². The Morgan fingerprint density at radius 1 is 0.741 bits per heavy atom. The fraction of sp³-hybridized carbons (Fsp3) is 0.857. The molecule has 6 nitrogen and oxygen atoms in total. The Balaban J connectivity index is 3.97. The van der Waals surface area contributed by atoms with Gasteiger partial charge >= 0.3 is 17.9 Å². The first-order valence-corrected chi connectivity index (χ1v) is 10.5. The second kappa shape index (κ2) is 16.6. The maximum absolute atomic E-state index is 11.8. The fourth-order valence-electron chi connectivity index (χ4n) is 3.43. The van der Waals surface area contributed by atoms with Crippen LogP contribution in [0.15, 0.2) is 0 Å². The normalized spacial score (nSPS) is 13.1. The molecule has 0 rings (SSSR count). The highest BCUT2D eigenvalue weighted by Crippen LogP contribution is 2.25. The van der Waals surface area contributed by atoms with E-state index in [0.29, 0.717) is 12.8 Å². The smallest absolute Gasteiger partial charge is 0.310 e. The summed E-state index contributed by atoms with van der Waals surface area (Å²) in [5.74, 6) is -5.21. The molecule has 0 aromatic carbocycles. The molecule has 0 saturated carbocycles. The Kier molecular flexibility index (Phi) is 15.6. The molecule has 2 atom stereocenters. The van der Waals surface area contributed by atoms with E-state index in [4.69, 9.17) is 5.11 Å². The molecule has 0 aliphatic heterocycles. The largest absolute Gasteiger partial charge is 0.481 e. The topological polar surface area (TPSA) is 101 Å². The van der Waals surface area contributed by atoms with E-state index in [1.54, 1.807) is 0 Å². The van der Waals surface area contributed by atoms with E-state index in [1.165, 1.54) is 51.4 Å². The van der Waals surface area contributed by atoms with Crippen LogP contribution in [0.2, 0.25) is 0 Å². The number of ether oxygens (including phenoxy) is 1. The quantitative estimate of drug-likeness (QED) is 0.253. The molecule has 27 heavy (non-hydrogen) atoms. The van der Waals surface area contributed by atoms with Gasteiger partial charge in [0.15, 0.2) is 0 Å². The highest BCUT2D eigenvalue weighted by atomic mass is 16.5. The summed E-state index contributed by atoms with van der Waals surface area (Å²) in [6.07, 6.45) is 13.9. The zero-order chi connectivity index (χ0) is 20.5. The SMILES string of the molecule is CCCCCCCCCCCCCCC(C(=O)O)C(CC(=O)O)C(=O)OC. The minimum Gasteiger partial charge on any atom is -0.481 e. The van der Waals surface area contributed by atoms with Crippen LogP contribution in [0.25, 0.3) is 0 Å². The van der Waals surface area contributed by atoms with Crippen molar-refractivity contribution in [2.45, 2.75) is 96.8 Å². The summed E-state index contributed by atoms with van der Waals surface area (Å²) in [5, 5.41) is 18.3. The zero-order valence-electron chi connectivity index (χ0n) is 17.1. The van der Waals surface area contributed by atoms with Crippen LogP contribution in [0.5, 0.6) is 0 Å². The molecule has 0 bridgehead atoms. The number of hydrogen-bond donors (Lipinski definition) is 2.